The highest BCUT2D eigenvalue weighted by atomic mass is 16.1. The average Bonchev–Trinajstić information content (AvgIpc) is 2.17. The molecule has 3 unspecified atom stereocenters. The van der Waals surface area contributed by atoms with Crippen LogP contribution in [0.15, 0.2) is 24.8 Å². The molecule has 0 aromatic heterocycles. The lowest BCUT2D eigenvalue weighted by molar-refractivity contribution is -0.120. The van der Waals surface area contributed by atoms with Crippen LogP contribution in [0.5, 0.6) is 0 Å². The van der Waals surface area contributed by atoms with Crippen LogP contribution in [0.4, 0.5) is 0 Å². The van der Waals surface area contributed by atoms with Gasteiger partial charge in [-0.05, 0) is 18.3 Å². The monoisotopic (exact) mass is 148 g/mol. The molecule has 2 rings (SSSR count). The van der Waals surface area contributed by atoms with Crippen LogP contribution in [0.3, 0.4) is 0 Å². The van der Waals surface area contributed by atoms with E-state index in [-0.39, 0.29) is 5.92 Å². The molecule has 0 aromatic carbocycles. The highest BCUT2D eigenvalue weighted by Crippen LogP contribution is 2.41. The Kier molecular flexibility index (Phi) is 1.45. The van der Waals surface area contributed by atoms with E-state index in [1.165, 1.54) is 0 Å². The van der Waals surface area contributed by atoms with Crippen LogP contribution in [-0.2, 0) is 4.79 Å². The summed E-state index contributed by atoms with van der Waals surface area (Å²) in [6.07, 6.45) is 7.95. The van der Waals surface area contributed by atoms with Gasteiger partial charge in [0.15, 0.2) is 0 Å². The molecule has 58 valence electrons. The lowest BCUT2D eigenvalue weighted by atomic mass is 9.83. The first-order valence-corrected chi connectivity index (χ1v) is 4.15. The fourth-order valence-corrected chi connectivity index (χ4v) is 2.26. The molecule has 2 aliphatic rings. The molecule has 3 atom stereocenters. The van der Waals surface area contributed by atoms with Gasteiger partial charge in [-0.25, -0.2) is 0 Å². The van der Waals surface area contributed by atoms with Crippen LogP contribution in [-0.4, -0.2) is 5.78 Å². The van der Waals surface area contributed by atoms with Crippen molar-refractivity contribution in [3.63, 3.8) is 0 Å². The highest BCUT2D eigenvalue weighted by molar-refractivity contribution is 5.85. The maximum absolute atomic E-state index is 11.3. The maximum Gasteiger partial charge on any atom is 0.137 e. The summed E-state index contributed by atoms with van der Waals surface area (Å²) in [5.41, 5.74) is 0. The molecule has 0 amide bonds. The molecule has 0 spiro atoms. The fourth-order valence-electron chi connectivity index (χ4n) is 2.26. The topological polar surface area (TPSA) is 17.1 Å². The Morgan fingerprint density at radius 2 is 2.45 bits per heavy atom. The van der Waals surface area contributed by atoms with E-state index >= 15 is 0 Å². The van der Waals surface area contributed by atoms with Crippen molar-refractivity contribution in [2.75, 3.05) is 0 Å². The maximum atomic E-state index is 11.3. The van der Waals surface area contributed by atoms with Gasteiger partial charge in [-0.2, -0.15) is 0 Å². The number of hydrogen-bond donors (Lipinski definition) is 0. The molecule has 1 heteroatoms. The third-order valence-corrected chi connectivity index (χ3v) is 2.85. The van der Waals surface area contributed by atoms with Crippen LogP contribution in [0, 0.1) is 17.8 Å². The van der Waals surface area contributed by atoms with Gasteiger partial charge >= 0.3 is 0 Å². The van der Waals surface area contributed by atoms with Crippen molar-refractivity contribution >= 4 is 5.78 Å². The molecule has 1 fully saturated rings. The molecule has 2 aliphatic carbocycles. The minimum Gasteiger partial charge on any atom is -0.299 e. The van der Waals surface area contributed by atoms with Gasteiger partial charge in [-0.3, -0.25) is 4.79 Å². The number of allylic oxidation sites excluding steroid dienone is 3. The molecular formula is C10H12O. The Bertz CT molecular complexity index is 227. The first kappa shape index (κ1) is 6.84. The second-order valence-electron chi connectivity index (χ2n) is 3.42. The van der Waals surface area contributed by atoms with Crippen molar-refractivity contribution in [1.82, 2.24) is 0 Å². The summed E-state index contributed by atoms with van der Waals surface area (Å²) in [4.78, 5) is 11.3. The lowest BCUT2D eigenvalue weighted by Crippen LogP contribution is -2.16. The average molecular weight is 148 g/mol. The number of rotatable bonds is 1. The van der Waals surface area contributed by atoms with Crippen LogP contribution < -0.4 is 0 Å². The number of Topliss-reactive ketones (excluding diaryl/α,β-unsaturated/α-hetero) is 1. The van der Waals surface area contributed by atoms with Crippen LogP contribution in [0.1, 0.15) is 12.8 Å². The summed E-state index contributed by atoms with van der Waals surface area (Å²) in [5, 5.41) is 0. The van der Waals surface area contributed by atoms with Crippen molar-refractivity contribution in [2.45, 2.75) is 12.8 Å². The van der Waals surface area contributed by atoms with E-state index in [1.54, 1.807) is 0 Å². The Labute approximate surface area is 66.8 Å². The first-order chi connectivity index (χ1) is 5.33. The molecule has 2 bridgehead atoms. The van der Waals surface area contributed by atoms with Gasteiger partial charge in [0.25, 0.3) is 0 Å². The zero-order valence-corrected chi connectivity index (χ0v) is 6.49. The van der Waals surface area contributed by atoms with Gasteiger partial charge in [0.2, 0.25) is 0 Å². The van der Waals surface area contributed by atoms with E-state index in [9.17, 15) is 4.79 Å². The third-order valence-electron chi connectivity index (χ3n) is 2.85. The molecule has 11 heavy (non-hydrogen) atoms. The highest BCUT2D eigenvalue weighted by Gasteiger charge is 2.40. The summed E-state index contributed by atoms with van der Waals surface area (Å²) < 4.78 is 0. The van der Waals surface area contributed by atoms with Gasteiger partial charge in [0.1, 0.15) is 5.78 Å². The molecule has 0 N–H and O–H groups in total. The lowest BCUT2D eigenvalue weighted by Gasteiger charge is -2.20. The summed E-state index contributed by atoms with van der Waals surface area (Å²) >= 11 is 0. The van der Waals surface area contributed by atoms with Crippen LogP contribution in [0.2, 0.25) is 0 Å². The number of fused-ring (bicyclic) bond motifs is 2. The fraction of sp³-hybridized carbons (Fsp3) is 0.500. The van der Waals surface area contributed by atoms with Gasteiger partial charge in [-0.1, -0.05) is 18.2 Å². The Balaban J connectivity index is 2.32. The molecule has 1 nitrogen and oxygen atoms in total. The molecule has 1 saturated carbocycles. The van der Waals surface area contributed by atoms with E-state index in [1.807, 2.05) is 6.08 Å². The number of carbonyl (C=O) groups is 1. The zero-order chi connectivity index (χ0) is 7.84. The third kappa shape index (κ3) is 0.873. The van der Waals surface area contributed by atoms with Crippen LogP contribution in [0.25, 0.3) is 0 Å². The van der Waals surface area contributed by atoms with Crippen molar-refractivity contribution in [3.05, 3.63) is 24.8 Å². The summed E-state index contributed by atoms with van der Waals surface area (Å²) in [6, 6.07) is 0. The van der Waals surface area contributed by atoms with Crippen molar-refractivity contribution in [2.24, 2.45) is 17.8 Å². The largest absolute Gasteiger partial charge is 0.299 e. The van der Waals surface area contributed by atoms with E-state index in [2.05, 4.69) is 18.7 Å². The van der Waals surface area contributed by atoms with E-state index in [4.69, 9.17) is 0 Å². The summed E-state index contributed by atoms with van der Waals surface area (Å²) in [6.45, 7) is 3.77. The van der Waals surface area contributed by atoms with Gasteiger partial charge in [0.05, 0.1) is 0 Å². The second-order valence-corrected chi connectivity index (χ2v) is 3.42. The second kappa shape index (κ2) is 2.33. The van der Waals surface area contributed by atoms with E-state index < -0.39 is 0 Å². The Morgan fingerprint density at radius 3 is 3.00 bits per heavy atom. The van der Waals surface area contributed by atoms with Crippen molar-refractivity contribution in [3.8, 4) is 0 Å². The van der Waals surface area contributed by atoms with Gasteiger partial charge < -0.3 is 0 Å². The predicted molar refractivity (Wildman–Crippen MR) is 44.0 cm³/mol. The standard InChI is InChI=1S/C10H12O/c1-2-8-7-4-3-5-9(8)10(11)6-7/h2-4,7-9H,1,5-6H2. The van der Waals surface area contributed by atoms with Gasteiger partial charge in [0, 0.05) is 12.3 Å². The van der Waals surface area contributed by atoms with E-state index in [0.717, 1.165) is 12.8 Å². The molecular weight excluding hydrogens is 136 g/mol. The minimum absolute atomic E-state index is 0.266. The zero-order valence-electron chi connectivity index (χ0n) is 6.49. The Morgan fingerprint density at radius 1 is 1.64 bits per heavy atom. The predicted octanol–water partition coefficient (Wildman–Crippen LogP) is 1.95. The SMILES string of the molecule is C=CC1C2C=CCC1C(=O)C2. The van der Waals surface area contributed by atoms with Gasteiger partial charge in [-0.15, -0.1) is 6.58 Å². The summed E-state index contributed by atoms with van der Waals surface area (Å²) in [5.74, 6) is 1.61. The number of ketones is 1. The normalized spacial score (nSPS) is 41.1. The summed E-state index contributed by atoms with van der Waals surface area (Å²) in [7, 11) is 0. The minimum atomic E-state index is 0.266. The smallest absolute Gasteiger partial charge is 0.137 e. The van der Waals surface area contributed by atoms with Crippen molar-refractivity contribution in [1.29, 1.82) is 0 Å². The quantitative estimate of drug-likeness (QED) is 0.519. The number of carbonyl (C=O) groups excluding carboxylic acids is 1. The van der Waals surface area contributed by atoms with Crippen LogP contribution >= 0.6 is 0 Å². The number of hydrogen-bond acceptors (Lipinski definition) is 1. The molecule has 0 radical (unpaired) electrons. The Hall–Kier alpha value is -0.850. The molecule has 0 aromatic rings. The first-order valence-electron chi connectivity index (χ1n) is 4.15. The molecule has 0 saturated heterocycles. The van der Waals surface area contributed by atoms with Crippen molar-refractivity contribution < 1.29 is 4.79 Å². The van der Waals surface area contributed by atoms with E-state index in [0.29, 0.717) is 17.6 Å². The molecule has 0 heterocycles. The molecule has 0 aliphatic heterocycles.